The average molecular weight is 282 g/mol. The molecule has 2 aliphatic rings. The van der Waals surface area contributed by atoms with Crippen molar-refractivity contribution in [3.63, 3.8) is 0 Å². The highest BCUT2D eigenvalue weighted by atomic mass is 16.3. The molecule has 2 saturated carbocycles. The molecule has 0 saturated heterocycles. The first-order valence-corrected chi connectivity index (χ1v) is 8.23. The summed E-state index contributed by atoms with van der Waals surface area (Å²) in [7, 11) is 0. The molecule has 116 valence electrons. The highest BCUT2D eigenvalue weighted by Gasteiger charge is 2.36. The van der Waals surface area contributed by atoms with Crippen molar-refractivity contribution in [3.05, 3.63) is 0 Å². The molecule has 3 N–H and O–H groups in total. The molecule has 0 aromatic heterocycles. The fourth-order valence-electron chi connectivity index (χ4n) is 3.90. The molecule has 0 aromatic carbocycles. The second kappa shape index (κ2) is 6.90. The first-order chi connectivity index (χ1) is 9.54. The number of rotatable bonds is 5. The average Bonchev–Trinajstić information content (AvgIpc) is 2.91. The summed E-state index contributed by atoms with van der Waals surface area (Å²) in [4.78, 5) is 12.3. The molecule has 2 aliphatic carbocycles. The van der Waals surface area contributed by atoms with E-state index in [1.54, 1.807) is 0 Å². The number of carbonyl (C=O) groups excluding carboxylic acids is 1. The lowest BCUT2D eigenvalue weighted by Gasteiger charge is -2.41. The third-order valence-electron chi connectivity index (χ3n) is 5.01. The molecular formula is C16H30N2O2. The van der Waals surface area contributed by atoms with Crippen LogP contribution in [-0.4, -0.2) is 35.2 Å². The molecule has 0 radical (unpaired) electrons. The van der Waals surface area contributed by atoms with Gasteiger partial charge in [-0.3, -0.25) is 10.1 Å². The van der Waals surface area contributed by atoms with E-state index in [-0.39, 0.29) is 24.1 Å². The number of aliphatic hydroxyl groups excluding tert-OH is 1. The summed E-state index contributed by atoms with van der Waals surface area (Å²) in [6.45, 7) is 4.27. The zero-order valence-corrected chi connectivity index (χ0v) is 13.0. The number of amides is 1. The Hall–Kier alpha value is -0.610. The van der Waals surface area contributed by atoms with E-state index in [2.05, 4.69) is 17.6 Å². The van der Waals surface area contributed by atoms with Gasteiger partial charge in [0.15, 0.2) is 0 Å². The minimum Gasteiger partial charge on any atom is -0.394 e. The summed E-state index contributed by atoms with van der Waals surface area (Å²) < 4.78 is 0. The molecule has 20 heavy (non-hydrogen) atoms. The SMILES string of the molecule is CC1CCCC(CO)(NC(C)C(=O)NC2CCCC2)C1. The second-order valence-corrected chi connectivity index (χ2v) is 7.00. The molecule has 0 aliphatic heterocycles. The van der Waals surface area contributed by atoms with E-state index in [1.165, 1.54) is 19.3 Å². The van der Waals surface area contributed by atoms with Crippen LogP contribution in [0, 0.1) is 5.92 Å². The fraction of sp³-hybridized carbons (Fsp3) is 0.938. The summed E-state index contributed by atoms with van der Waals surface area (Å²) in [5.74, 6) is 0.705. The zero-order chi connectivity index (χ0) is 14.6. The number of hydrogen-bond donors (Lipinski definition) is 3. The van der Waals surface area contributed by atoms with Crippen LogP contribution in [0.1, 0.15) is 65.2 Å². The molecule has 1 amide bonds. The Balaban J connectivity index is 1.87. The van der Waals surface area contributed by atoms with Gasteiger partial charge in [-0.2, -0.15) is 0 Å². The van der Waals surface area contributed by atoms with Gasteiger partial charge in [0.1, 0.15) is 0 Å². The summed E-state index contributed by atoms with van der Waals surface area (Å²) in [5, 5.41) is 16.3. The van der Waals surface area contributed by atoms with E-state index in [4.69, 9.17) is 0 Å². The standard InChI is InChI=1S/C16H30N2O2/c1-12-6-5-9-16(10-12,11-19)18-13(2)15(20)17-14-7-3-4-8-14/h12-14,18-19H,3-11H2,1-2H3,(H,17,20). The largest absolute Gasteiger partial charge is 0.394 e. The van der Waals surface area contributed by atoms with Gasteiger partial charge >= 0.3 is 0 Å². The van der Waals surface area contributed by atoms with Crippen LogP contribution in [-0.2, 0) is 4.79 Å². The Morgan fingerprint density at radius 2 is 2.00 bits per heavy atom. The Bertz CT molecular complexity index is 328. The highest BCUT2D eigenvalue weighted by molar-refractivity contribution is 5.81. The van der Waals surface area contributed by atoms with Gasteiger partial charge in [0.05, 0.1) is 12.6 Å². The maximum absolute atomic E-state index is 12.3. The monoisotopic (exact) mass is 282 g/mol. The molecule has 0 aromatic rings. The Kier molecular flexibility index (Phi) is 5.44. The summed E-state index contributed by atoms with van der Waals surface area (Å²) in [5.41, 5.74) is -0.260. The van der Waals surface area contributed by atoms with Gasteiger partial charge < -0.3 is 10.4 Å². The summed E-state index contributed by atoms with van der Waals surface area (Å²) >= 11 is 0. The van der Waals surface area contributed by atoms with Crippen molar-refractivity contribution in [1.29, 1.82) is 0 Å². The van der Waals surface area contributed by atoms with E-state index >= 15 is 0 Å². The van der Waals surface area contributed by atoms with E-state index < -0.39 is 0 Å². The number of hydrogen-bond acceptors (Lipinski definition) is 3. The van der Waals surface area contributed by atoms with Crippen molar-refractivity contribution in [2.24, 2.45) is 5.92 Å². The molecule has 2 fully saturated rings. The predicted octanol–water partition coefficient (Wildman–Crippen LogP) is 1.96. The summed E-state index contributed by atoms with van der Waals surface area (Å²) in [6.07, 6.45) is 8.97. The predicted molar refractivity (Wildman–Crippen MR) is 80.4 cm³/mol. The molecule has 4 nitrogen and oxygen atoms in total. The Labute approximate surface area is 122 Å². The van der Waals surface area contributed by atoms with Crippen LogP contribution in [0.15, 0.2) is 0 Å². The second-order valence-electron chi connectivity index (χ2n) is 7.00. The van der Waals surface area contributed by atoms with Gasteiger partial charge in [-0.05, 0) is 38.5 Å². The maximum Gasteiger partial charge on any atom is 0.237 e. The third kappa shape index (κ3) is 3.95. The van der Waals surface area contributed by atoms with Crippen molar-refractivity contribution in [2.75, 3.05) is 6.61 Å². The van der Waals surface area contributed by atoms with Crippen LogP contribution in [0.2, 0.25) is 0 Å². The molecular weight excluding hydrogens is 252 g/mol. The smallest absolute Gasteiger partial charge is 0.237 e. The van der Waals surface area contributed by atoms with Crippen LogP contribution >= 0.6 is 0 Å². The van der Waals surface area contributed by atoms with Crippen LogP contribution < -0.4 is 10.6 Å². The maximum atomic E-state index is 12.3. The van der Waals surface area contributed by atoms with Gasteiger partial charge in [-0.15, -0.1) is 0 Å². The third-order valence-corrected chi connectivity index (χ3v) is 5.01. The van der Waals surface area contributed by atoms with Crippen molar-refractivity contribution >= 4 is 5.91 Å². The van der Waals surface area contributed by atoms with E-state index in [0.717, 1.165) is 32.1 Å². The summed E-state index contributed by atoms with van der Waals surface area (Å²) in [6, 6.07) is 0.134. The zero-order valence-electron chi connectivity index (χ0n) is 13.0. The molecule has 4 heteroatoms. The molecule has 3 atom stereocenters. The van der Waals surface area contributed by atoms with Crippen LogP contribution in [0.3, 0.4) is 0 Å². The quantitative estimate of drug-likeness (QED) is 0.722. The van der Waals surface area contributed by atoms with Crippen LogP contribution in [0.25, 0.3) is 0 Å². The van der Waals surface area contributed by atoms with Crippen molar-refractivity contribution in [3.8, 4) is 0 Å². The van der Waals surface area contributed by atoms with Gasteiger partial charge in [0.2, 0.25) is 5.91 Å². The minimum atomic E-state index is -0.260. The van der Waals surface area contributed by atoms with Crippen molar-refractivity contribution in [1.82, 2.24) is 10.6 Å². The van der Waals surface area contributed by atoms with E-state index in [1.807, 2.05) is 6.92 Å². The molecule has 0 bridgehead atoms. The van der Waals surface area contributed by atoms with Crippen LogP contribution in [0.5, 0.6) is 0 Å². The molecule has 2 rings (SSSR count). The lowest BCUT2D eigenvalue weighted by Crippen LogP contribution is -2.58. The first-order valence-electron chi connectivity index (χ1n) is 8.23. The molecule has 3 unspecified atom stereocenters. The van der Waals surface area contributed by atoms with E-state index in [0.29, 0.717) is 12.0 Å². The normalized spacial score (nSPS) is 33.0. The lowest BCUT2D eigenvalue weighted by molar-refractivity contribution is -0.124. The molecule has 0 heterocycles. The topological polar surface area (TPSA) is 61.4 Å². The fourth-order valence-corrected chi connectivity index (χ4v) is 3.90. The Morgan fingerprint density at radius 3 is 2.60 bits per heavy atom. The number of aliphatic hydroxyl groups is 1. The van der Waals surface area contributed by atoms with Crippen LogP contribution in [0.4, 0.5) is 0 Å². The molecule has 0 spiro atoms. The van der Waals surface area contributed by atoms with E-state index in [9.17, 15) is 9.90 Å². The Morgan fingerprint density at radius 1 is 1.30 bits per heavy atom. The van der Waals surface area contributed by atoms with Crippen molar-refractivity contribution < 1.29 is 9.90 Å². The highest BCUT2D eigenvalue weighted by Crippen LogP contribution is 2.32. The first kappa shape index (κ1) is 15.8. The van der Waals surface area contributed by atoms with Gasteiger partial charge in [-0.1, -0.05) is 32.6 Å². The lowest BCUT2D eigenvalue weighted by atomic mass is 9.76. The van der Waals surface area contributed by atoms with Gasteiger partial charge in [0, 0.05) is 11.6 Å². The number of nitrogens with one attached hydrogen (secondary N) is 2. The minimum absolute atomic E-state index is 0.0861. The van der Waals surface area contributed by atoms with Gasteiger partial charge in [0.25, 0.3) is 0 Å². The number of carbonyl (C=O) groups is 1. The van der Waals surface area contributed by atoms with Crippen molar-refractivity contribution in [2.45, 2.75) is 82.8 Å². The van der Waals surface area contributed by atoms with Gasteiger partial charge in [-0.25, -0.2) is 0 Å².